The molecule has 0 spiro atoms. The summed E-state index contributed by atoms with van der Waals surface area (Å²) in [5.74, 6) is -0.519. The van der Waals surface area contributed by atoms with Crippen molar-refractivity contribution in [3.63, 3.8) is 0 Å². The second-order valence-electron chi connectivity index (χ2n) is 6.39. The van der Waals surface area contributed by atoms with Crippen LogP contribution in [0.5, 0.6) is 0 Å². The van der Waals surface area contributed by atoms with Crippen LogP contribution in [-0.4, -0.2) is 35.4 Å². The molecule has 0 bridgehead atoms. The number of amides is 1. The molecule has 7 heteroatoms. The van der Waals surface area contributed by atoms with Gasteiger partial charge in [0, 0.05) is 17.6 Å². The van der Waals surface area contributed by atoms with E-state index in [2.05, 4.69) is 10.3 Å². The van der Waals surface area contributed by atoms with E-state index in [4.69, 9.17) is 17.3 Å². The molecular weight excluding hydrogens is 345 g/mol. The quantitative estimate of drug-likeness (QED) is 0.676. The number of nitrogens with two attached hydrogens (primary N) is 1. The number of aliphatic hydroxyl groups excluding tert-OH is 1. The zero-order valence-electron chi connectivity index (χ0n) is 14.1. The molecule has 1 aromatic carbocycles. The smallest absolute Gasteiger partial charge is 0.207 e. The van der Waals surface area contributed by atoms with Gasteiger partial charge in [-0.25, -0.2) is 4.39 Å². The van der Waals surface area contributed by atoms with Crippen molar-refractivity contribution in [1.29, 1.82) is 0 Å². The molecule has 1 aliphatic heterocycles. The van der Waals surface area contributed by atoms with Crippen molar-refractivity contribution >= 4 is 23.7 Å². The number of nitrogens with zero attached hydrogens (tertiary/aromatic N) is 1. The number of hydrogen-bond acceptors (Lipinski definition) is 4. The summed E-state index contributed by atoms with van der Waals surface area (Å²) in [5.41, 5.74) is 8.05. The molecule has 1 atom stereocenters. The van der Waals surface area contributed by atoms with Gasteiger partial charge in [-0.3, -0.25) is 9.79 Å². The lowest BCUT2D eigenvalue weighted by atomic mass is 9.90. The first-order valence-electron chi connectivity index (χ1n) is 7.81. The normalized spacial score (nSPS) is 16.3. The van der Waals surface area contributed by atoms with Crippen LogP contribution in [-0.2, 0) is 4.79 Å². The van der Waals surface area contributed by atoms with Crippen molar-refractivity contribution in [2.75, 3.05) is 6.54 Å². The van der Waals surface area contributed by atoms with Gasteiger partial charge in [0.25, 0.3) is 0 Å². The molecule has 1 heterocycles. The molecule has 2 rings (SSSR count). The highest BCUT2D eigenvalue weighted by Crippen LogP contribution is 2.25. The van der Waals surface area contributed by atoms with Crippen molar-refractivity contribution < 1.29 is 14.3 Å². The maximum absolute atomic E-state index is 13.5. The largest absolute Gasteiger partial charge is 0.385 e. The molecule has 5 nitrogen and oxygen atoms in total. The van der Waals surface area contributed by atoms with Crippen molar-refractivity contribution in [3.05, 3.63) is 58.0 Å². The van der Waals surface area contributed by atoms with Gasteiger partial charge in [0.1, 0.15) is 11.9 Å². The molecule has 1 aliphatic rings. The Morgan fingerprint density at radius 1 is 1.52 bits per heavy atom. The number of allylic oxidation sites excluding steroid dienone is 2. The number of hydrogen-bond donors (Lipinski definition) is 3. The first-order chi connectivity index (χ1) is 11.7. The van der Waals surface area contributed by atoms with Crippen LogP contribution in [0.3, 0.4) is 0 Å². The Hall–Kier alpha value is -2.02. The maximum atomic E-state index is 13.5. The molecule has 0 aromatic heterocycles. The Morgan fingerprint density at radius 2 is 2.24 bits per heavy atom. The molecule has 0 saturated heterocycles. The fraction of sp³-hybridized carbons (Fsp3) is 0.333. The number of aliphatic imine (C=N–C) groups is 1. The molecule has 0 radical (unpaired) electrons. The number of benzene rings is 1. The molecule has 1 amide bonds. The summed E-state index contributed by atoms with van der Waals surface area (Å²) in [6.07, 6.45) is 3.64. The minimum absolute atomic E-state index is 0.0138. The van der Waals surface area contributed by atoms with Gasteiger partial charge in [-0.15, -0.1) is 0 Å². The topological polar surface area (TPSA) is 87.7 Å². The third kappa shape index (κ3) is 4.98. The summed E-state index contributed by atoms with van der Waals surface area (Å²) in [6.45, 7) is 3.78. The monoisotopic (exact) mass is 365 g/mol. The van der Waals surface area contributed by atoms with Crippen LogP contribution in [0.15, 0.2) is 46.6 Å². The first-order valence-corrected chi connectivity index (χ1v) is 8.19. The summed E-state index contributed by atoms with van der Waals surface area (Å²) < 4.78 is 13.5. The van der Waals surface area contributed by atoms with Gasteiger partial charge in [0.05, 0.1) is 16.4 Å². The Kier molecular flexibility index (Phi) is 6.11. The standard InChI is InChI=1S/C18H21ClFN3O2/c1-18(2,21)12-4-6-15(17(25)9-22-10-24)23-16(8-12)11-3-5-14(20)13(19)7-11/h3,5-8,10,17,25H,4,9,21H2,1-2H3,(H,22,24). The molecule has 4 N–H and O–H groups in total. The third-order valence-corrected chi connectivity index (χ3v) is 4.16. The lowest BCUT2D eigenvalue weighted by Gasteiger charge is -2.22. The van der Waals surface area contributed by atoms with Crippen LogP contribution in [0.25, 0.3) is 0 Å². The van der Waals surface area contributed by atoms with Crippen LogP contribution < -0.4 is 11.1 Å². The van der Waals surface area contributed by atoms with Gasteiger partial charge in [0.15, 0.2) is 0 Å². The van der Waals surface area contributed by atoms with Gasteiger partial charge < -0.3 is 16.2 Å². The number of aliphatic hydroxyl groups is 1. The molecule has 0 saturated carbocycles. The predicted octanol–water partition coefficient (Wildman–Crippen LogP) is 2.33. The van der Waals surface area contributed by atoms with Crippen LogP contribution in [0.2, 0.25) is 5.02 Å². The van der Waals surface area contributed by atoms with E-state index in [0.29, 0.717) is 29.8 Å². The fourth-order valence-corrected chi connectivity index (χ4v) is 2.56. The third-order valence-electron chi connectivity index (χ3n) is 3.87. The van der Waals surface area contributed by atoms with Crippen LogP contribution in [0, 0.1) is 5.82 Å². The lowest BCUT2D eigenvalue weighted by molar-refractivity contribution is -0.109. The van der Waals surface area contributed by atoms with E-state index < -0.39 is 17.5 Å². The van der Waals surface area contributed by atoms with Crippen molar-refractivity contribution in [3.8, 4) is 0 Å². The lowest BCUT2D eigenvalue weighted by Crippen LogP contribution is -2.34. The van der Waals surface area contributed by atoms with Crippen LogP contribution in [0.1, 0.15) is 25.8 Å². The van der Waals surface area contributed by atoms with Gasteiger partial charge in [-0.2, -0.15) is 0 Å². The van der Waals surface area contributed by atoms with E-state index in [0.717, 1.165) is 5.57 Å². The molecule has 0 aliphatic carbocycles. The molecular formula is C18H21ClFN3O2. The van der Waals surface area contributed by atoms with E-state index in [1.807, 2.05) is 19.9 Å². The summed E-state index contributed by atoms with van der Waals surface area (Å²) >= 11 is 5.88. The fourth-order valence-electron chi connectivity index (χ4n) is 2.38. The summed E-state index contributed by atoms with van der Waals surface area (Å²) in [4.78, 5) is 14.9. The zero-order valence-corrected chi connectivity index (χ0v) is 14.8. The molecule has 134 valence electrons. The van der Waals surface area contributed by atoms with Gasteiger partial charge in [-0.05, 0) is 50.1 Å². The predicted molar refractivity (Wildman–Crippen MR) is 97.1 cm³/mol. The zero-order chi connectivity index (χ0) is 18.6. The van der Waals surface area contributed by atoms with Crippen molar-refractivity contribution in [2.24, 2.45) is 10.7 Å². The molecule has 1 aromatic rings. The SMILES string of the molecule is CC(C)(N)C1=CC(c2ccc(F)c(Cl)c2)=NC(C(O)CNC=O)=CC1. The second-order valence-corrected chi connectivity index (χ2v) is 6.80. The highest BCUT2D eigenvalue weighted by Gasteiger charge is 2.22. The number of nitrogens with one attached hydrogen (secondary N) is 1. The van der Waals surface area contributed by atoms with E-state index in [1.54, 1.807) is 12.1 Å². The highest BCUT2D eigenvalue weighted by atomic mass is 35.5. The number of carbonyl (C=O) groups excluding carboxylic acids is 1. The Morgan fingerprint density at radius 3 is 2.84 bits per heavy atom. The van der Waals surface area contributed by atoms with E-state index in [9.17, 15) is 14.3 Å². The summed E-state index contributed by atoms with van der Waals surface area (Å²) in [5, 5.41) is 12.7. The highest BCUT2D eigenvalue weighted by molar-refractivity contribution is 6.31. The van der Waals surface area contributed by atoms with Crippen LogP contribution in [0.4, 0.5) is 4.39 Å². The summed E-state index contributed by atoms with van der Waals surface area (Å²) in [6, 6.07) is 4.31. The van der Waals surface area contributed by atoms with Crippen molar-refractivity contribution in [1.82, 2.24) is 5.32 Å². The van der Waals surface area contributed by atoms with E-state index in [-0.39, 0.29) is 11.6 Å². The molecule has 25 heavy (non-hydrogen) atoms. The van der Waals surface area contributed by atoms with E-state index >= 15 is 0 Å². The molecule has 0 fully saturated rings. The number of rotatable bonds is 6. The first kappa shape index (κ1) is 19.3. The van der Waals surface area contributed by atoms with Crippen molar-refractivity contribution in [2.45, 2.75) is 31.9 Å². The Labute approximate surface area is 151 Å². The van der Waals surface area contributed by atoms with Gasteiger partial charge in [-0.1, -0.05) is 17.7 Å². The van der Waals surface area contributed by atoms with Crippen LogP contribution >= 0.6 is 11.6 Å². The maximum Gasteiger partial charge on any atom is 0.207 e. The molecule has 1 unspecified atom stereocenters. The number of halogens is 2. The Balaban J connectivity index is 2.48. The van der Waals surface area contributed by atoms with Gasteiger partial charge in [0.2, 0.25) is 6.41 Å². The Bertz CT molecular complexity index is 751. The summed E-state index contributed by atoms with van der Waals surface area (Å²) in [7, 11) is 0. The average Bonchev–Trinajstić information content (AvgIpc) is 2.78. The van der Waals surface area contributed by atoms with Gasteiger partial charge >= 0.3 is 0 Å². The minimum atomic E-state index is -0.968. The minimum Gasteiger partial charge on any atom is -0.385 e. The van der Waals surface area contributed by atoms with E-state index in [1.165, 1.54) is 12.1 Å². The average molecular weight is 366 g/mol. The number of carbonyl (C=O) groups is 1. The second kappa shape index (κ2) is 7.91.